The van der Waals surface area contributed by atoms with Crippen LogP contribution in [0.25, 0.3) is 5.52 Å². The molecular formula is C14H13F3N4O2. The molecule has 1 N–H and O–H groups in total. The van der Waals surface area contributed by atoms with Crippen LogP contribution in [0, 0.1) is 5.92 Å². The van der Waals surface area contributed by atoms with Gasteiger partial charge in [-0.2, -0.15) is 27.9 Å². The van der Waals surface area contributed by atoms with Crippen molar-refractivity contribution in [2.75, 3.05) is 7.11 Å². The summed E-state index contributed by atoms with van der Waals surface area (Å²) < 4.78 is 45.0. The van der Waals surface area contributed by atoms with Gasteiger partial charge >= 0.3 is 6.18 Å². The summed E-state index contributed by atoms with van der Waals surface area (Å²) >= 11 is 0. The van der Waals surface area contributed by atoms with E-state index < -0.39 is 11.9 Å². The summed E-state index contributed by atoms with van der Waals surface area (Å²) in [6.45, 7) is 1.79. The molecule has 0 unspecified atom stereocenters. The molecule has 122 valence electrons. The minimum absolute atomic E-state index is 0.173. The Balaban J connectivity index is 2.22. The highest BCUT2D eigenvalue weighted by Crippen LogP contribution is 2.32. The number of carbonyl (C=O) groups excluding carboxylic acids is 1. The van der Waals surface area contributed by atoms with Crippen LogP contribution in [0.5, 0.6) is 5.88 Å². The fourth-order valence-electron chi connectivity index (χ4n) is 2.54. The van der Waals surface area contributed by atoms with Crippen molar-refractivity contribution in [3.63, 3.8) is 0 Å². The predicted octanol–water partition coefficient (Wildman–Crippen LogP) is 2.22. The predicted molar refractivity (Wildman–Crippen MR) is 75.2 cm³/mol. The molecule has 1 atom stereocenters. The second kappa shape index (κ2) is 5.25. The van der Waals surface area contributed by atoms with Gasteiger partial charge in [0.15, 0.2) is 5.69 Å². The quantitative estimate of drug-likeness (QED) is 0.920. The zero-order chi connectivity index (χ0) is 16.8. The summed E-state index contributed by atoms with van der Waals surface area (Å²) in [5, 5.41) is 7.57. The van der Waals surface area contributed by atoms with Crippen LogP contribution in [0.3, 0.4) is 0 Å². The van der Waals surface area contributed by atoms with Gasteiger partial charge in [-0.25, -0.2) is 5.43 Å². The Kier molecular flexibility index (Phi) is 3.50. The van der Waals surface area contributed by atoms with Gasteiger partial charge in [0.1, 0.15) is 0 Å². The molecule has 0 spiro atoms. The zero-order valence-corrected chi connectivity index (χ0v) is 12.3. The molecule has 0 fully saturated rings. The van der Waals surface area contributed by atoms with E-state index in [1.54, 1.807) is 13.0 Å². The molecule has 9 heteroatoms. The second-order valence-corrected chi connectivity index (χ2v) is 5.25. The molecule has 0 saturated carbocycles. The van der Waals surface area contributed by atoms with Crippen LogP contribution in [0.1, 0.15) is 24.6 Å². The molecule has 23 heavy (non-hydrogen) atoms. The number of methoxy groups -OCH3 is 1. The number of halogens is 3. The largest absolute Gasteiger partial charge is 0.481 e. The number of carbonyl (C=O) groups is 1. The Labute approximate surface area is 128 Å². The van der Waals surface area contributed by atoms with E-state index in [1.165, 1.54) is 13.2 Å². The molecule has 3 rings (SSSR count). The van der Waals surface area contributed by atoms with Crippen molar-refractivity contribution in [2.45, 2.75) is 19.5 Å². The summed E-state index contributed by atoms with van der Waals surface area (Å²) in [4.78, 5) is 11.3. The highest BCUT2D eigenvalue weighted by molar-refractivity contribution is 6.10. The maximum absolute atomic E-state index is 13.0. The molecule has 1 aliphatic rings. The fourth-order valence-corrected chi connectivity index (χ4v) is 2.54. The molecule has 0 saturated heterocycles. The van der Waals surface area contributed by atoms with Crippen molar-refractivity contribution in [3.05, 3.63) is 29.5 Å². The van der Waals surface area contributed by atoms with Gasteiger partial charge in [-0.05, 0) is 12.1 Å². The van der Waals surface area contributed by atoms with Crippen LogP contribution in [0.15, 0.2) is 23.3 Å². The van der Waals surface area contributed by atoms with Crippen LogP contribution in [0.4, 0.5) is 13.2 Å². The number of alkyl halides is 3. The van der Waals surface area contributed by atoms with Crippen molar-refractivity contribution < 1.29 is 22.7 Å². The number of fused-ring (bicyclic) bond motifs is 1. The average Bonchev–Trinajstić information content (AvgIpc) is 2.92. The molecule has 6 nitrogen and oxygen atoms in total. The lowest BCUT2D eigenvalue weighted by molar-refractivity contribution is -0.141. The minimum Gasteiger partial charge on any atom is -0.481 e. The first kappa shape index (κ1) is 15.3. The molecule has 0 aromatic carbocycles. The Morgan fingerprint density at radius 1 is 1.39 bits per heavy atom. The number of nitrogens with zero attached hydrogens (tertiary/aromatic N) is 3. The number of hydrazone groups is 1. The lowest BCUT2D eigenvalue weighted by Crippen LogP contribution is -2.32. The van der Waals surface area contributed by atoms with Gasteiger partial charge in [0.05, 0.1) is 18.3 Å². The van der Waals surface area contributed by atoms with Gasteiger partial charge in [-0.15, -0.1) is 0 Å². The van der Waals surface area contributed by atoms with E-state index in [-0.39, 0.29) is 29.6 Å². The third-order valence-electron chi connectivity index (χ3n) is 3.62. The van der Waals surface area contributed by atoms with Crippen LogP contribution in [0.2, 0.25) is 0 Å². The monoisotopic (exact) mass is 326 g/mol. The van der Waals surface area contributed by atoms with E-state index in [2.05, 4.69) is 15.6 Å². The Morgan fingerprint density at radius 2 is 2.13 bits per heavy atom. The smallest absolute Gasteiger partial charge is 0.435 e. The topological polar surface area (TPSA) is 68.0 Å². The molecule has 1 amide bonds. The number of pyridine rings is 1. The Hall–Kier alpha value is -2.58. The van der Waals surface area contributed by atoms with E-state index in [9.17, 15) is 18.0 Å². The summed E-state index contributed by atoms with van der Waals surface area (Å²) in [6, 6.07) is 4.08. The number of rotatable bonds is 2. The highest BCUT2D eigenvalue weighted by atomic mass is 19.4. The highest BCUT2D eigenvalue weighted by Gasteiger charge is 2.35. The molecule has 2 aromatic heterocycles. The van der Waals surface area contributed by atoms with Gasteiger partial charge in [-0.1, -0.05) is 6.92 Å². The van der Waals surface area contributed by atoms with E-state index in [1.807, 2.05) is 0 Å². The molecule has 3 heterocycles. The number of aromatic nitrogens is 2. The molecule has 1 aliphatic heterocycles. The van der Waals surface area contributed by atoms with Crippen molar-refractivity contribution in [3.8, 4) is 5.88 Å². The standard InChI is InChI=1S/C14H13F3N4O2/c1-7-5-11(22)18-19-13(7)8-3-4-12(23-2)21-9(8)6-10(20-21)14(15,16)17/h3-4,6-7H,5H2,1-2H3,(H,18,22)/t7-/m0/s1. The zero-order valence-electron chi connectivity index (χ0n) is 12.3. The van der Waals surface area contributed by atoms with Gasteiger partial charge in [0.2, 0.25) is 11.8 Å². The third kappa shape index (κ3) is 2.62. The maximum Gasteiger partial charge on any atom is 0.435 e. The summed E-state index contributed by atoms with van der Waals surface area (Å²) in [5.41, 5.74) is 2.54. The molecule has 0 radical (unpaired) electrons. The molecule has 0 bridgehead atoms. The number of hydrogen-bond acceptors (Lipinski definition) is 4. The Morgan fingerprint density at radius 3 is 2.74 bits per heavy atom. The first-order valence-corrected chi connectivity index (χ1v) is 6.82. The fraction of sp³-hybridized carbons (Fsp3) is 0.357. The van der Waals surface area contributed by atoms with Crippen molar-refractivity contribution in [1.29, 1.82) is 0 Å². The van der Waals surface area contributed by atoms with Gasteiger partial charge in [0.25, 0.3) is 0 Å². The first-order valence-electron chi connectivity index (χ1n) is 6.82. The van der Waals surface area contributed by atoms with Gasteiger partial charge < -0.3 is 4.74 Å². The van der Waals surface area contributed by atoms with Crippen molar-refractivity contribution >= 4 is 17.1 Å². The van der Waals surface area contributed by atoms with E-state index in [0.717, 1.165) is 10.6 Å². The van der Waals surface area contributed by atoms with Gasteiger partial charge in [-0.3, -0.25) is 4.79 Å². The summed E-state index contributed by atoms with van der Waals surface area (Å²) in [7, 11) is 1.35. The van der Waals surface area contributed by atoms with Crippen molar-refractivity contribution in [2.24, 2.45) is 11.0 Å². The van der Waals surface area contributed by atoms with Crippen LogP contribution in [-0.2, 0) is 11.0 Å². The maximum atomic E-state index is 13.0. The van der Waals surface area contributed by atoms with E-state index in [0.29, 0.717) is 11.3 Å². The lowest BCUT2D eigenvalue weighted by Gasteiger charge is -2.20. The van der Waals surface area contributed by atoms with Crippen LogP contribution < -0.4 is 10.2 Å². The number of nitrogens with one attached hydrogen (secondary N) is 1. The lowest BCUT2D eigenvalue weighted by atomic mass is 9.94. The minimum atomic E-state index is -4.57. The normalized spacial score (nSPS) is 18.7. The number of hydrogen-bond donors (Lipinski definition) is 1. The Bertz CT molecular complexity index is 810. The second-order valence-electron chi connectivity index (χ2n) is 5.25. The molecule has 2 aromatic rings. The average molecular weight is 326 g/mol. The number of ether oxygens (including phenoxy) is 1. The first-order chi connectivity index (χ1) is 10.8. The van der Waals surface area contributed by atoms with Gasteiger partial charge in [0, 0.05) is 24.0 Å². The summed E-state index contributed by atoms with van der Waals surface area (Å²) in [5.74, 6) is -0.271. The van der Waals surface area contributed by atoms with Crippen LogP contribution >= 0.6 is 0 Å². The molecule has 0 aliphatic carbocycles. The van der Waals surface area contributed by atoms with Crippen LogP contribution in [-0.4, -0.2) is 28.3 Å². The SMILES string of the molecule is COc1ccc(C2=NNC(=O)C[C@@H]2C)c2cc(C(F)(F)F)nn12. The van der Waals surface area contributed by atoms with Crippen molar-refractivity contribution in [1.82, 2.24) is 15.0 Å². The van der Waals surface area contributed by atoms with E-state index in [4.69, 9.17) is 4.74 Å². The number of amides is 1. The van der Waals surface area contributed by atoms with E-state index >= 15 is 0 Å². The summed E-state index contributed by atoms with van der Waals surface area (Å²) in [6.07, 6.45) is -4.35. The molecular weight excluding hydrogens is 313 g/mol. The third-order valence-corrected chi connectivity index (χ3v) is 3.62.